The van der Waals surface area contributed by atoms with Crippen LogP contribution >= 0.6 is 0 Å². The van der Waals surface area contributed by atoms with Crippen LogP contribution in [-0.2, 0) is 16.6 Å². The van der Waals surface area contributed by atoms with E-state index in [4.69, 9.17) is 0 Å². The van der Waals surface area contributed by atoms with Crippen molar-refractivity contribution in [3.05, 3.63) is 11.3 Å². The molecule has 0 amide bonds. The minimum Gasteiger partial charge on any atom is -0.313 e. The third kappa shape index (κ3) is 3.46. The van der Waals surface area contributed by atoms with Gasteiger partial charge in [-0.05, 0) is 45.6 Å². The van der Waals surface area contributed by atoms with Crippen LogP contribution in [0.5, 0.6) is 0 Å². The summed E-state index contributed by atoms with van der Waals surface area (Å²) >= 11 is 0. The number of sulfonamides is 1. The van der Waals surface area contributed by atoms with Crippen molar-refractivity contribution in [2.45, 2.75) is 57.6 Å². The highest BCUT2D eigenvalue weighted by molar-refractivity contribution is 7.89. The number of rotatable bonds is 8. The highest BCUT2D eigenvalue weighted by Gasteiger charge is 2.38. The molecular formula is C14H26N4O2S. The van der Waals surface area contributed by atoms with E-state index in [1.807, 2.05) is 13.8 Å². The Balaban J connectivity index is 2.22. The number of hydrogen-bond donors (Lipinski definition) is 2. The maximum absolute atomic E-state index is 12.8. The molecule has 0 aromatic carbocycles. The number of aromatic amines is 1. The molecule has 0 aliphatic heterocycles. The van der Waals surface area contributed by atoms with Crippen LogP contribution in [0.4, 0.5) is 0 Å². The van der Waals surface area contributed by atoms with Gasteiger partial charge in [0, 0.05) is 30.9 Å². The Hall–Kier alpha value is -0.920. The van der Waals surface area contributed by atoms with Gasteiger partial charge in [-0.1, -0.05) is 6.92 Å². The summed E-state index contributed by atoms with van der Waals surface area (Å²) in [5.41, 5.74) is 1.56. The summed E-state index contributed by atoms with van der Waals surface area (Å²) in [7, 11) is -1.88. The van der Waals surface area contributed by atoms with Gasteiger partial charge in [-0.15, -0.1) is 0 Å². The maximum atomic E-state index is 12.8. The van der Waals surface area contributed by atoms with Gasteiger partial charge in [0.1, 0.15) is 0 Å². The summed E-state index contributed by atoms with van der Waals surface area (Å²) in [5.74, 6) is 0.492. The Labute approximate surface area is 127 Å². The normalized spacial score (nSPS) is 17.4. The van der Waals surface area contributed by atoms with Crippen molar-refractivity contribution in [2.75, 3.05) is 13.6 Å². The summed E-state index contributed by atoms with van der Waals surface area (Å²) < 4.78 is 27.1. The molecule has 7 heteroatoms. The molecule has 21 heavy (non-hydrogen) atoms. The van der Waals surface area contributed by atoms with Crippen molar-refractivity contribution in [3.63, 3.8) is 0 Å². The average Bonchev–Trinajstić information content (AvgIpc) is 3.22. The van der Waals surface area contributed by atoms with Gasteiger partial charge in [-0.2, -0.15) is 9.40 Å². The molecule has 0 saturated heterocycles. The molecule has 0 spiro atoms. The fourth-order valence-electron chi connectivity index (χ4n) is 2.47. The molecule has 2 N–H and O–H groups in total. The van der Waals surface area contributed by atoms with Crippen molar-refractivity contribution in [3.8, 4) is 0 Å². The second-order valence-corrected chi connectivity index (χ2v) is 7.82. The lowest BCUT2D eigenvalue weighted by Crippen LogP contribution is -2.37. The first-order chi connectivity index (χ1) is 9.89. The van der Waals surface area contributed by atoms with Crippen LogP contribution in [0, 0.1) is 12.8 Å². The lowest BCUT2D eigenvalue weighted by Gasteiger charge is -2.23. The van der Waals surface area contributed by atoms with Gasteiger partial charge in [0.2, 0.25) is 0 Å². The second-order valence-electron chi connectivity index (χ2n) is 5.91. The molecule has 1 aromatic heterocycles. The topological polar surface area (TPSA) is 78.1 Å². The molecule has 2 rings (SSSR count). The fourth-order valence-corrected chi connectivity index (χ4v) is 4.05. The molecule has 0 radical (unpaired) electrons. The summed E-state index contributed by atoms with van der Waals surface area (Å²) in [6.07, 6.45) is 3.24. The number of nitrogens with zero attached hydrogens (tertiary/aromatic N) is 2. The standard InChI is InChI=1S/C14H26N4O2S/c1-5-8-15-9-13-10(2)16-17-14(13)21(19,20)18(4)11(3)12-6-7-12/h11-12,15H,5-9H2,1-4H3,(H,16,17). The second kappa shape index (κ2) is 6.46. The number of aromatic nitrogens is 2. The Morgan fingerprint density at radius 2 is 2.14 bits per heavy atom. The minimum absolute atomic E-state index is 0.0310. The summed E-state index contributed by atoms with van der Waals surface area (Å²) in [5, 5.41) is 10.3. The van der Waals surface area contributed by atoms with Gasteiger partial charge >= 0.3 is 0 Å². The molecular weight excluding hydrogens is 288 g/mol. The lowest BCUT2D eigenvalue weighted by atomic mass is 10.2. The van der Waals surface area contributed by atoms with Crippen LogP contribution in [0.25, 0.3) is 0 Å². The van der Waals surface area contributed by atoms with E-state index < -0.39 is 10.0 Å². The SMILES string of the molecule is CCCNCc1c(S(=O)(=O)N(C)C(C)C2CC2)n[nH]c1C. The molecule has 1 fully saturated rings. The average molecular weight is 314 g/mol. The molecule has 1 unspecified atom stereocenters. The van der Waals surface area contributed by atoms with E-state index in [1.165, 1.54) is 4.31 Å². The minimum atomic E-state index is -3.54. The molecule has 0 bridgehead atoms. The fraction of sp³-hybridized carbons (Fsp3) is 0.786. The third-order valence-electron chi connectivity index (χ3n) is 4.27. The highest BCUT2D eigenvalue weighted by Crippen LogP contribution is 2.36. The molecule has 1 atom stereocenters. The van der Waals surface area contributed by atoms with Crippen LogP contribution < -0.4 is 5.32 Å². The largest absolute Gasteiger partial charge is 0.313 e. The molecule has 6 nitrogen and oxygen atoms in total. The molecule has 1 aromatic rings. The van der Waals surface area contributed by atoms with E-state index in [1.54, 1.807) is 7.05 Å². The zero-order valence-electron chi connectivity index (χ0n) is 13.3. The zero-order chi connectivity index (χ0) is 15.6. The van der Waals surface area contributed by atoms with E-state index in [0.717, 1.165) is 37.1 Å². The summed E-state index contributed by atoms with van der Waals surface area (Å²) in [4.78, 5) is 0. The Bertz CT molecular complexity index is 578. The number of nitrogens with one attached hydrogen (secondary N) is 2. The molecule has 1 aliphatic rings. The highest BCUT2D eigenvalue weighted by atomic mass is 32.2. The van der Waals surface area contributed by atoms with Crippen LogP contribution in [0.3, 0.4) is 0 Å². The van der Waals surface area contributed by atoms with Crippen molar-refractivity contribution in [1.82, 2.24) is 19.8 Å². The molecule has 1 heterocycles. The molecule has 1 saturated carbocycles. The zero-order valence-corrected chi connectivity index (χ0v) is 14.1. The Kier molecular flexibility index (Phi) is 5.06. The smallest absolute Gasteiger partial charge is 0.262 e. The number of hydrogen-bond acceptors (Lipinski definition) is 4. The van der Waals surface area contributed by atoms with Crippen molar-refractivity contribution in [2.24, 2.45) is 5.92 Å². The van der Waals surface area contributed by atoms with E-state index >= 15 is 0 Å². The van der Waals surface area contributed by atoms with E-state index in [2.05, 4.69) is 22.4 Å². The quantitative estimate of drug-likeness (QED) is 0.715. The van der Waals surface area contributed by atoms with Crippen LogP contribution in [0.15, 0.2) is 5.03 Å². The van der Waals surface area contributed by atoms with Crippen molar-refractivity contribution >= 4 is 10.0 Å². The Morgan fingerprint density at radius 3 is 2.71 bits per heavy atom. The van der Waals surface area contributed by atoms with E-state index in [9.17, 15) is 8.42 Å². The van der Waals surface area contributed by atoms with Gasteiger partial charge in [0.25, 0.3) is 10.0 Å². The van der Waals surface area contributed by atoms with Gasteiger partial charge in [0.05, 0.1) is 0 Å². The number of H-pyrrole nitrogens is 1. The summed E-state index contributed by atoms with van der Waals surface area (Å²) in [6, 6.07) is 0.0310. The maximum Gasteiger partial charge on any atom is 0.262 e. The first-order valence-corrected chi connectivity index (χ1v) is 9.06. The predicted molar refractivity (Wildman–Crippen MR) is 82.5 cm³/mol. The van der Waals surface area contributed by atoms with Crippen LogP contribution in [0.1, 0.15) is 44.4 Å². The van der Waals surface area contributed by atoms with Gasteiger partial charge < -0.3 is 5.32 Å². The first-order valence-electron chi connectivity index (χ1n) is 7.62. The van der Waals surface area contributed by atoms with Crippen LogP contribution in [0.2, 0.25) is 0 Å². The van der Waals surface area contributed by atoms with E-state index in [0.29, 0.717) is 12.5 Å². The van der Waals surface area contributed by atoms with Crippen LogP contribution in [-0.4, -0.2) is 42.6 Å². The molecule has 120 valence electrons. The summed E-state index contributed by atoms with van der Waals surface area (Å²) in [6.45, 7) is 7.30. The lowest BCUT2D eigenvalue weighted by molar-refractivity contribution is 0.355. The number of aryl methyl sites for hydroxylation is 1. The van der Waals surface area contributed by atoms with Gasteiger partial charge in [-0.3, -0.25) is 5.10 Å². The van der Waals surface area contributed by atoms with Crippen molar-refractivity contribution < 1.29 is 8.42 Å². The van der Waals surface area contributed by atoms with Gasteiger partial charge in [0.15, 0.2) is 5.03 Å². The van der Waals surface area contributed by atoms with E-state index in [-0.39, 0.29) is 11.1 Å². The predicted octanol–water partition coefficient (Wildman–Crippen LogP) is 1.64. The Morgan fingerprint density at radius 1 is 1.48 bits per heavy atom. The molecule has 1 aliphatic carbocycles. The monoisotopic (exact) mass is 314 g/mol. The first kappa shape index (κ1) is 16.5. The van der Waals surface area contributed by atoms with Gasteiger partial charge in [-0.25, -0.2) is 8.42 Å². The third-order valence-corrected chi connectivity index (χ3v) is 6.18. The van der Waals surface area contributed by atoms with Crippen molar-refractivity contribution in [1.29, 1.82) is 0 Å².